The Balaban J connectivity index is 1.82. The number of hydrazine groups is 1. The molecule has 5 heteroatoms. The number of nitrogens with one attached hydrogen (secondary N) is 2. The van der Waals surface area contributed by atoms with Gasteiger partial charge < -0.3 is 4.74 Å². The van der Waals surface area contributed by atoms with Crippen LogP contribution in [0, 0.1) is 13.8 Å². The van der Waals surface area contributed by atoms with Gasteiger partial charge in [-0.05, 0) is 37.1 Å². The first-order chi connectivity index (χ1) is 10.6. The van der Waals surface area contributed by atoms with Gasteiger partial charge in [0.25, 0.3) is 11.8 Å². The zero-order valence-corrected chi connectivity index (χ0v) is 12.6. The molecular weight excluding hydrogens is 280 g/mol. The second-order valence-corrected chi connectivity index (χ2v) is 4.87. The molecule has 22 heavy (non-hydrogen) atoms. The maximum Gasteiger partial charge on any atom is 0.276 e. The highest BCUT2D eigenvalue weighted by atomic mass is 16.5. The molecule has 0 unspecified atom stereocenters. The summed E-state index contributed by atoms with van der Waals surface area (Å²) < 4.78 is 5.40. The van der Waals surface area contributed by atoms with Crippen LogP contribution < -0.4 is 15.6 Å². The van der Waals surface area contributed by atoms with Crippen LogP contribution in [0.25, 0.3) is 0 Å². The van der Waals surface area contributed by atoms with E-state index < -0.39 is 5.91 Å². The zero-order valence-electron chi connectivity index (χ0n) is 12.6. The van der Waals surface area contributed by atoms with Crippen molar-refractivity contribution in [1.29, 1.82) is 0 Å². The lowest BCUT2D eigenvalue weighted by molar-refractivity contribution is -0.123. The summed E-state index contributed by atoms with van der Waals surface area (Å²) in [6.45, 7) is 3.56. The summed E-state index contributed by atoms with van der Waals surface area (Å²) in [4.78, 5) is 23.6. The van der Waals surface area contributed by atoms with Crippen LogP contribution >= 0.6 is 0 Å². The molecule has 0 atom stereocenters. The summed E-state index contributed by atoms with van der Waals surface area (Å²) in [5, 5.41) is 0. The number of amides is 2. The normalized spacial score (nSPS) is 9.91. The topological polar surface area (TPSA) is 67.4 Å². The van der Waals surface area contributed by atoms with E-state index in [1.54, 1.807) is 18.2 Å². The van der Waals surface area contributed by atoms with Crippen molar-refractivity contribution in [2.75, 3.05) is 6.61 Å². The summed E-state index contributed by atoms with van der Waals surface area (Å²) in [6, 6.07) is 14.6. The highest BCUT2D eigenvalue weighted by Crippen LogP contribution is 2.15. The summed E-state index contributed by atoms with van der Waals surface area (Å²) in [5.74, 6) is -0.143. The molecule has 0 saturated carbocycles. The first-order valence-corrected chi connectivity index (χ1v) is 6.91. The minimum atomic E-state index is -0.426. The number of aryl methyl sites for hydroxylation is 2. The molecule has 0 saturated heterocycles. The van der Waals surface area contributed by atoms with Crippen molar-refractivity contribution in [3.8, 4) is 5.75 Å². The number of ether oxygens (including phenoxy) is 1. The lowest BCUT2D eigenvalue weighted by atomic mass is 10.1. The van der Waals surface area contributed by atoms with Crippen LogP contribution in [0.2, 0.25) is 0 Å². The van der Waals surface area contributed by atoms with Gasteiger partial charge in [0.1, 0.15) is 5.75 Å². The van der Waals surface area contributed by atoms with E-state index in [4.69, 9.17) is 4.74 Å². The molecule has 2 amide bonds. The smallest absolute Gasteiger partial charge is 0.276 e. The van der Waals surface area contributed by atoms with E-state index in [-0.39, 0.29) is 12.5 Å². The number of rotatable bonds is 4. The summed E-state index contributed by atoms with van der Waals surface area (Å²) >= 11 is 0. The van der Waals surface area contributed by atoms with E-state index in [1.165, 1.54) is 0 Å². The fourth-order valence-electron chi connectivity index (χ4n) is 1.92. The third-order valence-electron chi connectivity index (χ3n) is 3.16. The van der Waals surface area contributed by atoms with Gasteiger partial charge in [0, 0.05) is 5.56 Å². The van der Waals surface area contributed by atoms with Crippen LogP contribution in [0.3, 0.4) is 0 Å². The maximum absolute atomic E-state index is 11.9. The van der Waals surface area contributed by atoms with Crippen LogP contribution in [0.4, 0.5) is 0 Å². The van der Waals surface area contributed by atoms with Gasteiger partial charge in [0.05, 0.1) is 0 Å². The van der Waals surface area contributed by atoms with Gasteiger partial charge in [0.15, 0.2) is 6.61 Å². The highest BCUT2D eigenvalue weighted by Gasteiger charge is 2.10. The van der Waals surface area contributed by atoms with Crippen molar-refractivity contribution in [1.82, 2.24) is 10.9 Å². The highest BCUT2D eigenvalue weighted by molar-refractivity contribution is 5.96. The Kier molecular flexibility index (Phi) is 5.14. The van der Waals surface area contributed by atoms with E-state index in [0.717, 1.165) is 11.1 Å². The maximum atomic E-state index is 11.9. The van der Waals surface area contributed by atoms with Crippen molar-refractivity contribution in [2.24, 2.45) is 0 Å². The second-order valence-electron chi connectivity index (χ2n) is 4.87. The first kappa shape index (κ1) is 15.6. The molecule has 114 valence electrons. The Morgan fingerprint density at radius 1 is 0.909 bits per heavy atom. The van der Waals surface area contributed by atoms with E-state index in [1.807, 2.05) is 44.2 Å². The molecule has 0 aliphatic rings. The van der Waals surface area contributed by atoms with Crippen LogP contribution in [-0.4, -0.2) is 18.4 Å². The molecule has 2 aromatic rings. The molecule has 2 aromatic carbocycles. The largest absolute Gasteiger partial charge is 0.483 e. The van der Waals surface area contributed by atoms with Gasteiger partial charge in [-0.3, -0.25) is 20.4 Å². The Bertz CT molecular complexity index is 683. The molecule has 2 N–H and O–H groups in total. The zero-order chi connectivity index (χ0) is 15.9. The number of carbonyl (C=O) groups is 2. The number of benzene rings is 2. The molecule has 5 nitrogen and oxygen atoms in total. The van der Waals surface area contributed by atoms with Crippen LogP contribution in [-0.2, 0) is 4.79 Å². The third-order valence-corrected chi connectivity index (χ3v) is 3.16. The lowest BCUT2D eigenvalue weighted by Crippen LogP contribution is -2.44. The standard InChI is InChI=1S/C17H18N2O3/c1-12-7-3-5-9-14(12)17(21)19-18-16(20)11-22-15-10-6-4-8-13(15)2/h3-10H,11H2,1-2H3,(H,18,20)(H,19,21). The van der Waals surface area contributed by atoms with Crippen LogP contribution in [0.1, 0.15) is 21.5 Å². The molecule has 0 radical (unpaired) electrons. The Hall–Kier alpha value is -2.82. The predicted molar refractivity (Wildman–Crippen MR) is 83.5 cm³/mol. The molecule has 0 aliphatic heterocycles. The van der Waals surface area contributed by atoms with E-state index >= 15 is 0 Å². The van der Waals surface area contributed by atoms with Gasteiger partial charge in [-0.15, -0.1) is 0 Å². The molecule has 0 aliphatic carbocycles. The van der Waals surface area contributed by atoms with Gasteiger partial charge in [-0.1, -0.05) is 36.4 Å². The minimum Gasteiger partial charge on any atom is -0.483 e. The summed E-state index contributed by atoms with van der Waals surface area (Å²) in [5.41, 5.74) is 7.00. The van der Waals surface area contributed by atoms with Gasteiger partial charge >= 0.3 is 0 Å². The Labute approximate surface area is 129 Å². The van der Waals surface area contributed by atoms with E-state index in [0.29, 0.717) is 11.3 Å². The minimum absolute atomic E-state index is 0.168. The lowest BCUT2D eigenvalue weighted by Gasteiger charge is -2.11. The van der Waals surface area contributed by atoms with E-state index in [2.05, 4.69) is 10.9 Å². The number of para-hydroxylation sites is 1. The summed E-state index contributed by atoms with van der Waals surface area (Å²) in [7, 11) is 0. The van der Waals surface area contributed by atoms with E-state index in [9.17, 15) is 9.59 Å². The number of hydrogen-bond acceptors (Lipinski definition) is 3. The van der Waals surface area contributed by atoms with Crippen molar-refractivity contribution >= 4 is 11.8 Å². The van der Waals surface area contributed by atoms with Crippen molar-refractivity contribution in [2.45, 2.75) is 13.8 Å². The van der Waals surface area contributed by atoms with Crippen molar-refractivity contribution in [3.63, 3.8) is 0 Å². The monoisotopic (exact) mass is 298 g/mol. The average Bonchev–Trinajstić information content (AvgIpc) is 2.52. The number of carbonyl (C=O) groups excluding carboxylic acids is 2. The molecule has 0 spiro atoms. The SMILES string of the molecule is Cc1ccccc1OCC(=O)NNC(=O)c1ccccc1C. The number of hydrogen-bond donors (Lipinski definition) is 2. The fourth-order valence-corrected chi connectivity index (χ4v) is 1.92. The van der Waals surface area contributed by atoms with Crippen LogP contribution in [0.5, 0.6) is 5.75 Å². The molecule has 2 rings (SSSR count). The molecule has 0 heterocycles. The third kappa shape index (κ3) is 4.09. The fraction of sp³-hybridized carbons (Fsp3) is 0.176. The Morgan fingerprint density at radius 2 is 1.55 bits per heavy atom. The first-order valence-electron chi connectivity index (χ1n) is 6.91. The summed E-state index contributed by atoms with van der Waals surface area (Å²) in [6.07, 6.45) is 0. The van der Waals surface area contributed by atoms with Crippen molar-refractivity contribution < 1.29 is 14.3 Å². The predicted octanol–water partition coefficient (Wildman–Crippen LogP) is 2.14. The molecule has 0 aromatic heterocycles. The second kappa shape index (κ2) is 7.26. The molecule has 0 fully saturated rings. The molecular formula is C17H18N2O3. The quantitative estimate of drug-likeness (QED) is 0.850. The van der Waals surface area contributed by atoms with Gasteiger partial charge in [-0.2, -0.15) is 0 Å². The van der Waals surface area contributed by atoms with Gasteiger partial charge in [0.2, 0.25) is 0 Å². The Morgan fingerprint density at radius 3 is 2.23 bits per heavy atom. The van der Waals surface area contributed by atoms with Crippen LogP contribution in [0.15, 0.2) is 48.5 Å². The molecule has 0 bridgehead atoms. The van der Waals surface area contributed by atoms with Gasteiger partial charge in [-0.25, -0.2) is 0 Å². The van der Waals surface area contributed by atoms with Crippen molar-refractivity contribution in [3.05, 3.63) is 65.2 Å². The average molecular weight is 298 g/mol.